The van der Waals surface area contributed by atoms with E-state index in [0.717, 1.165) is 45.2 Å². The second-order valence-electron chi connectivity index (χ2n) is 10.1. The second kappa shape index (κ2) is 16.9. The maximum atomic E-state index is 9.90. The summed E-state index contributed by atoms with van der Waals surface area (Å²) in [7, 11) is 0. The van der Waals surface area contributed by atoms with E-state index < -0.39 is 5.41 Å². The van der Waals surface area contributed by atoms with E-state index in [1.165, 1.54) is 0 Å². The van der Waals surface area contributed by atoms with Crippen LogP contribution in [0.2, 0.25) is 0 Å². The van der Waals surface area contributed by atoms with Crippen molar-refractivity contribution in [3.63, 3.8) is 0 Å². The fourth-order valence-corrected chi connectivity index (χ4v) is 2.56. The monoisotopic (exact) mass is 468 g/mol. The van der Waals surface area contributed by atoms with Crippen LogP contribution >= 0.6 is 0 Å². The minimum absolute atomic E-state index is 0. The van der Waals surface area contributed by atoms with Crippen LogP contribution in [0.4, 0.5) is 0 Å². The molecule has 0 aromatic heterocycles. The fraction of sp³-hybridized carbons (Fsp3) is 0.958. The molecule has 0 spiro atoms. The Kier molecular flexibility index (Phi) is 19.0. The Bertz CT molecular complexity index is 429. The molecule has 8 heteroatoms. The maximum Gasteiger partial charge on any atom is 0.164 e. The molecule has 0 aromatic carbocycles. The quantitative estimate of drug-likeness (QED) is 0.360. The number of carbonyl (C=O) groups excluding carboxylic acids is 1. The van der Waals surface area contributed by atoms with Gasteiger partial charge in [-0.2, -0.15) is 0 Å². The molecule has 0 radical (unpaired) electrons. The first kappa shape index (κ1) is 36.0. The Morgan fingerprint density at radius 2 is 1.22 bits per heavy atom. The zero-order valence-corrected chi connectivity index (χ0v) is 21.7. The van der Waals surface area contributed by atoms with E-state index in [-0.39, 0.29) is 54.4 Å². The highest BCUT2D eigenvalue weighted by Crippen LogP contribution is 2.36. The highest BCUT2D eigenvalue weighted by Gasteiger charge is 2.40. The molecule has 196 valence electrons. The maximum absolute atomic E-state index is 9.90. The van der Waals surface area contributed by atoms with E-state index >= 15 is 0 Å². The summed E-state index contributed by atoms with van der Waals surface area (Å²) in [6, 6.07) is 0. The summed E-state index contributed by atoms with van der Waals surface area (Å²) in [4.78, 5) is 9.90. The third-order valence-electron chi connectivity index (χ3n) is 6.52. The standard InChI is InChI=1S/C12H24O3.C7H16O2.C5H10O2.H2O/c1-5-12(6-2)8-14-10(15-9-12)11(3,4)7-13;1-3-7(4-2,5-8)6-9;1-5(2,3-6)4-7;/h10,13H,5-9H2,1-4H3;8-9H,3-6H2,1-2H3;3,7H,4H2,1-2H3;1H2. The summed E-state index contributed by atoms with van der Waals surface area (Å²) in [6.45, 7) is 17.3. The summed E-state index contributed by atoms with van der Waals surface area (Å²) in [5.74, 6) is 0. The van der Waals surface area contributed by atoms with Crippen LogP contribution in [0.3, 0.4) is 0 Å². The van der Waals surface area contributed by atoms with Crippen LogP contribution in [0, 0.1) is 21.7 Å². The van der Waals surface area contributed by atoms with Crippen molar-refractivity contribution in [3.05, 3.63) is 0 Å². The smallest absolute Gasteiger partial charge is 0.164 e. The molecule has 32 heavy (non-hydrogen) atoms. The lowest BCUT2D eigenvalue weighted by atomic mass is 9.82. The lowest BCUT2D eigenvalue weighted by Crippen LogP contribution is -2.47. The lowest BCUT2D eigenvalue weighted by molar-refractivity contribution is -0.274. The topological polar surface area (TPSA) is 148 Å². The van der Waals surface area contributed by atoms with Crippen LogP contribution in [-0.4, -0.2) is 78.1 Å². The van der Waals surface area contributed by atoms with Gasteiger partial charge in [-0.1, -0.05) is 55.4 Å². The zero-order chi connectivity index (χ0) is 24.8. The normalized spacial score (nSPS) is 16.6. The van der Waals surface area contributed by atoms with Gasteiger partial charge in [-0.3, -0.25) is 0 Å². The third kappa shape index (κ3) is 12.0. The molecule has 0 atom stereocenters. The largest absolute Gasteiger partial charge is 0.412 e. The van der Waals surface area contributed by atoms with Crippen molar-refractivity contribution < 1.29 is 40.2 Å². The number of hydrogen-bond donors (Lipinski definition) is 4. The van der Waals surface area contributed by atoms with Gasteiger partial charge in [0.15, 0.2) is 6.29 Å². The molecule has 8 nitrogen and oxygen atoms in total. The molecule has 1 fully saturated rings. The SMILES string of the molecule is CC(C)(C=O)CO.CCC(CC)(CO)CO.CCC1(CC)COC(C(C)(C)CO)OC1.O. The van der Waals surface area contributed by atoms with Crippen LogP contribution in [0.15, 0.2) is 0 Å². The van der Waals surface area contributed by atoms with Crippen molar-refractivity contribution >= 4 is 6.29 Å². The van der Waals surface area contributed by atoms with E-state index in [1.54, 1.807) is 13.8 Å². The summed E-state index contributed by atoms with van der Waals surface area (Å²) >= 11 is 0. The second-order valence-corrected chi connectivity index (χ2v) is 10.1. The number of aldehydes is 1. The van der Waals surface area contributed by atoms with Gasteiger partial charge in [-0.05, 0) is 25.7 Å². The van der Waals surface area contributed by atoms with Gasteiger partial charge in [0.25, 0.3) is 0 Å². The molecule has 1 rings (SSSR count). The summed E-state index contributed by atoms with van der Waals surface area (Å²) < 4.78 is 11.5. The molecular weight excluding hydrogens is 416 g/mol. The first-order valence-corrected chi connectivity index (χ1v) is 11.5. The van der Waals surface area contributed by atoms with Crippen LogP contribution in [0.1, 0.15) is 81.1 Å². The summed E-state index contributed by atoms with van der Waals surface area (Å²) in [5.41, 5.74) is -0.893. The average Bonchev–Trinajstić information content (AvgIpc) is 2.81. The molecular formula is C24H52O8. The van der Waals surface area contributed by atoms with E-state index in [4.69, 9.17) is 24.8 Å². The molecule has 1 saturated heterocycles. The number of aliphatic hydroxyl groups is 4. The van der Waals surface area contributed by atoms with E-state index in [9.17, 15) is 9.90 Å². The van der Waals surface area contributed by atoms with Crippen molar-refractivity contribution in [3.8, 4) is 0 Å². The molecule has 6 N–H and O–H groups in total. The van der Waals surface area contributed by atoms with Crippen molar-refractivity contribution in [1.82, 2.24) is 0 Å². The van der Waals surface area contributed by atoms with Gasteiger partial charge in [0, 0.05) is 21.7 Å². The molecule has 1 heterocycles. The van der Waals surface area contributed by atoms with Gasteiger partial charge in [0.2, 0.25) is 0 Å². The molecule has 0 saturated carbocycles. The molecule has 0 aliphatic carbocycles. The Labute approximate surface area is 195 Å². The van der Waals surface area contributed by atoms with Gasteiger partial charge >= 0.3 is 0 Å². The van der Waals surface area contributed by atoms with Crippen molar-refractivity contribution in [2.45, 2.75) is 87.4 Å². The van der Waals surface area contributed by atoms with E-state index in [0.29, 0.717) is 0 Å². The molecule has 0 bridgehead atoms. The predicted molar refractivity (Wildman–Crippen MR) is 127 cm³/mol. The summed E-state index contributed by atoms with van der Waals surface area (Å²) in [6.07, 6.45) is 4.32. The van der Waals surface area contributed by atoms with Crippen molar-refractivity contribution in [2.24, 2.45) is 21.7 Å². The van der Waals surface area contributed by atoms with Crippen LogP contribution in [0.5, 0.6) is 0 Å². The molecule has 0 amide bonds. The Balaban J connectivity index is -0.000000426. The predicted octanol–water partition coefficient (Wildman–Crippen LogP) is 2.34. The molecule has 1 aliphatic rings. The van der Waals surface area contributed by atoms with E-state index in [1.807, 2.05) is 27.7 Å². The number of aliphatic hydroxyl groups excluding tert-OH is 4. The van der Waals surface area contributed by atoms with Gasteiger partial charge in [-0.25, -0.2) is 0 Å². The number of ether oxygens (including phenoxy) is 2. The highest BCUT2D eigenvalue weighted by atomic mass is 16.7. The zero-order valence-electron chi connectivity index (χ0n) is 21.7. The van der Waals surface area contributed by atoms with Crippen LogP contribution < -0.4 is 0 Å². The minimum atomic E-state index is -0.542. The first-order chi connectivity index (χ1) is 14.4. The van der Waals surface area contributed by atoms with Crippen LogP contribution in [0.25, 0.3) is 0 Å². The van der Waals surface area contributed by atoms with Crippen molar-refractivity contribution in [2.75, 3.05) is 39.6 Å². The van der Waals surface area contributed by atoms with Gasteiger partial charge in [0.1, 0.15) is 6.29 Å². The Morgan fingerprint density at radius 1 is 0.812 bits per heavy atom. The number of rotatable bonds is 10. The fourth-order valence-electron chi connectivity index (χ4n) is 2.56. The average molecular weight is 469 g/mol. The number of carbonyl (C=O) groups is 1. The van der Waals surface area contributed by atoms with Crippen molar-refractivity contribution in [1.29, 1.82) is 0 Å². The van der Waals surface area contributed by atoms with Gasteiger partial charge in [0.05, 0.1) is 39.6 Å². The first-order valence-electron chi connectivity index (χ1n) is 11.5. The summed E-state index contributed by atoms with van der Waals surface area (Å²) in [5, 5.41) is 35.2. The Morgan fingerprint density at radius 3 is 1.38 bits per heavy atom. The Hall–Kier alpha value is -0.610. The van der Waals surface area contributed by atoms with Crippen LogP contribution in [-0.2, 0) is 14.3 Å². The molecule has 0 unspecified atom stereocenters. The third-order valence-corrected chi connectivity index (χ3v) is 6.52. The van der Waals surface area contributed by atoms with E-state index in [2.05, 4.69) is 13.8 Å². The van der Waals surface area contributed by atoms with Gasteiger partial charge in [-0.15, -0.1) is 0 Å². The minimum Gasteiger partial charge on any atom is -0.412 e. The molecule has 1 aliphatic heterocycles. The number of hydrogen-bond acceptors (Lipinski definition) is 7. The molecule has 0 aromatic rings. The highest BCUT2D eigenvalue weighted by molar-refractivity contribution is 5.57. The van der Waals surface area contributed by atoms with Gasteiger partial charge < -0.3 is 40.2 Å². The lowest BCUT2D eigenvalue weighted by Gasteiger charge is -2.43.